The van der Waals surface area contributed by atoms with Crippen molar-refractivity contribution in [2.75, 3.05) is 11.4 Å². The molecule has 0 aliphatic heterocycles. The van der Waals surface area contributed by atoms with Crippen molar-refractivity contribution in [3.05, 3.63) is 45.6 Å². The lowest BCUT2D eigenvalue weighted by molar-refractivity contribution is -0.376. The van der Waals surface area contributed by atoms with Gasteiger partial charge in [-0.05, 0) is 32.0 Å². The van der Waals surface area contributed by atoms with Gasteiger partial charge in [-0.2, -0.15) is 26.3 Å². The van der Waals surface area contributed by atoms with E-state index in [9.17, 15) is 39.9 Å². The van der Waals surface area contributed by atoms with E-state index in [1.54, 1.807) is 6.92 Å². The summed E-state index contributed by atoms with van der Waals surface area (Å²) in [6.07, 6.45) is -12.1. The lowest BCUT2D eigenvalue weighted by atomic mass is 9.92. The summed E-state index contributed by atoms with van der Waals surface area (Å²) in [5.74, 6) is 0. The van der Waals surface area contributed by atoms with Gasteiger partial charge in [0.15, 0.2) is 0 Å². The van der Waals surface area contributed by atoms with Crippen molar-refractivity contribution in [1.29, 1.82) is 0 Å². The molecule has 12 heteroatoms. The first-order valence-corrected chi connectivity index (χ1v) is 9.81. The zero-order valence-corrected chi connectivity index (χ0v) is 16.3. The summed E-state index contributed by atoms with van der Waals surface area (Å²) in [6.45, 7) is 3.19. The predicted octanol–water partition coefficient (Wildman–Crippen LogP) is 4.50. The molecule has 1 aromatic carbocycles. The zero-order chi connectivity index (χ0) is 21.7. The first kappa shape index (κ1) is 22.5. The predicted molar refractivity (Wildman–Crippen MR) is 91.8 cm³/mol. The number of aryl methyl sites for hydroxylation is 2. The van der Waals surface area contributed by atoms with Gasteiger partial charge in [0, 0.05) is 22.4 Å². The minimum absolute atomic E-state index is 0.107. The standard InChI is InChI=1S/C16H15F6NO3S2/c1-9-7-13(10(2)27-9)28(25,26)23(3)12-6-4-5-11(8-12)14(24,15(17,18)19)16(20,21)22/h4-8,24H,1-3H3. The van der Waals surface area contributed by atoms with Crippen molar-refractivity contribution in [2.45, 2.75) is 36.7 Å². The number of halogens is 6. The number of thiophene rings is 1. The van der Waals surface area contributed by atoms with E-state index in [2.05, 4.69) is 0 Å². The van der Waals surface area contributed by atoms with Crippen LogP contribution in [0.25, 0.3) is 0 Å². The molecule has 1 aromatic heterocycles. The summed E-state index contributed by atoms with van der Waals surface area (Å²) < 4.78 is 104. The maximum atomic E-state index is 13.1. The third-order valence-corrected chi connectivity index (χ3v) is 7.09. The molecule has 1 heterocycles. The smallest absolute Gasteiger partial charge is 0.369 e. The number of hydrogen-bond acceptors (Lipinski definition) is 4. The summed E-state index contributed by atoms with van der Waals surface area (Å²) in [4.78, 5) is 0.981. The lowest BCUT2D eigenvalue weighted by Crippen LogP contribution is -2.54. The maximum absolute atomic E-state index is 13.1. The van der Waals surface area contributed by atoms with E-state index < -0.39 is 39.2 Å². The number of anilines is 1. The van der Waals surface area contributed by atoms with Crippen LogP contribution >= 0.6 is 11.3 Å². The molecule has 0 fully saturated rings. The van der Waals surface area contributed by atoms with E-state index >= 15 is 0 Å². The molecule has 0 spiro atoms. The van der Waals surface area contributed by atoms with Gasteiger partial charge in [-0.1, -0.05) is 12.1 Å². The van der Waals surface area contributed by atoms with Crippen LogP contribution in [0.1, 0.15) is 15.3 Å². The molecular formula is C16H15F6NO3S2. The SMILES string of the molecule is Cc1cc(S(=O)(=O)N(C)c2cccc(C(O)(C(F)(F)F)C(F)(F)F)c2)c(C)s1. The monoisotopic (exact) mass is 447 g/mol. The second kappa shape index (κ2) is 6.92. The van der Waals surface area contributed by atoms with Gasteiger partial charge < -0.3 is 5.11 Å². The van der Waals surface area contributed by atoms with Gasteiger partial charge in [0.05, 0.1) is 5.69 Å². The Morgan fingerprint density at radius 2 is 1.54 bits per heavy atom. The van der Waals surface area contributed by atoms with Crippen LogP contribution < -0.4 is 4.31 Å². The topological polar surface area (TPSA) is 57.6 Å². The molecule has 0 aliphatic rings. The van der Waals surface area contributed by atoms with Crippen LogP contribution in [0.2, 0.25) is 0 Å². The Bertz CT molecular complexity index is 965. The Hall–Kier alpha value is -1.79. The number of rotatable bonds is 4. The molecule has 28 heavy (non-hydrogen) atoms. The van der Waals surface area contributed by atoms with Crippen molar-refractivity contribution in [1.82, 2.24) is 0 Å². The van der Waals surface area contributed by atoms with E-state index in [0.29, 0.717) is 26.2 Å². The fraction of sp³-hybridized carbons (Fsp3) is 0.375. The van der Waals surface area contributed by atoms with Crippen LogP contribution in [0.5, 0.6) is 0 Å². The number of benzene rings is 1. The fourth-order valence-corrected chi connectivity index (χ4v) is 5.27. The average Bonchev–Trinajstić information content (AvgIpc) is 2.90. The molecule has 0 radical (unpaired) electrons. The largest absolute Gasteiger partial charge is 0.430 e. The van der Waals surface area contributed by atoms with Crippen molar-refractivity contribution in [3.8, 4) is 0 Å². The molecule has 156 valence electrons. The Kier molecular flexibility index (Phi) is 5.56. The fourth-order valence-electron chi connectivity index (χ4n) is 2.56. The zero-order valence-electron chi connectivity index (χ0n) is 14.7. The molecule has 1 N–H and O–H groups in total. The minimum atomic E-state index is -6.07. The third kappa shape index (κ3) is 3.60. The molecule has 0 unspecified atom stereocenters. The van der Waals surface area contributed by atoms with Crippen molar-refractivity contribution in [2.24, 2.45) is 0 Å². The van der Waals surface area contributed by atoms with Crippen LogP contribution in [-0.2, 0) is 15.6 Å². The van der Waals surface area contributed by atoms with Gasteiger partial charge in [0.2, 0.25) is 0 Å². The van der Waals surface area contributed by atoms with Gasteiger partial charge in [0.1, 0.15) is 4.90 Å². The number of aliphatic hydroxyl groups is 1. The van der Waals surface area contributed by atoms with Crippen molar-refractivity contribution in [3.63, 3.8) is 0 Å². The van der Waals surface area contributed by atoms with Crippen LogP contribution in [0.15, 0.2) is 35.2 Å². The van der Waals surface area contributed by atoms with E-state index in [1.165, 1.54) is 24.3 Å². The first-order chi connectivity index (χ1) is 12.5. The quantitative estimate of drug-likeness (QED) is 0.703. The first-order valence-electron chi connectivity index (χ1n) is 7.56. The number of hydrogen-bond donors (Lipinski definition) is 1. The summed E-state index contributed by atoms with van der Waals surface area (Å²) in [5.41, 5.74) is -7.15. The van der Waals surface area contributed by atoms with Gasteiger partial charge in [-0.15, -0.1) is 11.3 Å². The summed E-state index contributed by atoms with van der Waals surface area (Å²) in [6, 6.07) is 3.99. The van der Waals surface area contributed by atoms with Gasteiger partial charge >= 0.3 is 12.4 Å². The highest BCUT2D eigenvalue weighted by Crippen LogP contribution is 2.50. The van der Waals surface area contributed by atoms with Crippen molar-refractivity contribution >= 4 is 27.0 Å². The molecular weight excluding hydrogens is 432 g/mol. The highest BCUT2D eigenvalue weighted by Gasteiger charge is 2.71. The Balaban J connectivity index is 2.60. The number of nitrogens with zero attached hydrogens (tertiary/aromatic N) is 1. The molecule has 4 nitrogen and oxygen atoms in total. The number of sulfonamides is 1. The lowest BCUT2D eigenvalue weighted by Gasteiger charge is -2.33. The van der Waals surface area contributed by atoms with E-state index in [0.717, 1.165) is 19.2 Å². The van der Waals surface area contributed by atoms with E-state index in [-0.39, 0.29) is 4.90 Å². The van der Waals surface area contributed by atoms with Crippen LogP contribution in [0, 0.1) is 13.8 Å². The highest BCUT2D eigenvalue weighted by atomic mass is 32.2. The molecule has 2 rings (SSSR count). The van der Waals surface area contributed by atoms with Crippen molar-refractivity contribution < 1.29 is 39.9 Å². The second-order valence-corrected chi connectivity index (χ2v) is 9.40. The molecule has 2 aromatic rings. The summed E-state index contributed by atoms with van der Waals surface area (Å²) in [7, 11) is -3.23. The third-order valence-electron chi connectivity index (χ3n) is 4.08. The van der Waals surface area contributed by atoms with Gasteiger partial charge in [0.25, 0.3) is 15.6 Å². The Morgan fingerprint density at radius 1 is 1.00 bits per heavy atom. The van der Waals surface area contributed by atoms with Gasteiger partial charge in [-0.3, -0.25) is 4.31 Å². The summed E-state index contributed by atoms with van der Waals surface area (Å²) >= 11 is 1.18. The second-order valence-electron chi connectivity index (χ2n) is 6.01. The summed E-state index contributed by atoms with van der Waals surface area (Å²) in [5, 5.41) is 9.51. The molecule has 0 saturated heterocycles. The maximum Gasteiger partial charge on any atom is 0.430 e. The van der Waals surface area contributed by atoms with E-state index in [4.69, 9.17) is 0 Å². The average molecular weight is 447 g/mol. The normalized spacial score (nSPS) is 13.6. The van der Waals surface area contributed by atoms with E-state index in [1.807, 2.05) is 0 Å². The molecule has 0 bridgehead atoms. The van der Waals surface area contributed by atoms with Crippen LogP contribution in [0.3, 0.4) is 0 Å². The minimum Gasteiger partial charge on any atom is -0.369 e. The Labute approximate surface area is 161 Å². The molecule has 0 amide bonds. The molecule has 0 saturated carbocycles. The number of alkyl halides is 6. The van der Waals surface area contributed by atoms with Gasteiger partial charge in [-0.25, -0.2) is 8.42 Å². The Morgan fingerprint density at radius 3 is 1.96 bits per heavy atom. The molecule has 0 aliphatic carbocycles. The van der Waals surface area contributed by atoms with Crippen LogP contribution in [-0.4, -0.2) is 32.9 Å². The van der Waals surface area contributed by atoms with Crippen LogP contribution in [0.4, 0.5) is 32.0 Å². The highest BCUT2D eigenvalue weighted by molar-refractivity contribution is 7.93. The molecule has 0 atom stereocenters.